The van der Waals surface area contributed by atoms with Crippen LogP contribution in [-0.2, 0) is 0 Å². The normalized spacial score (nSPS) is 12.2. The molecule has 0 spiro atoms. The summed E-state index contributed by atoms with van der Waals surface area (Å²) in [6.07, 6.45) is 1.79. The fourth-order valence-corrected chi connectivity index (χ4v) is 2.14. The molecule has 3 nitrogen and oxygen atoms in total. The van der Waals surface area contributed by atoms with Gasteiger partial charge in [-0.05, 0) is 31.2 Å². The molecule has 0 saturated heterocycles. The Morgan fingerprint density at radius 2 is 2.05 bits per heavy atom. The van der Waals surface area contributed by atoms with Crippen molar-refractivity contribution >= 4 is 23.2 Å². The van der Waals surface area contributed by atoms with Crippen molar-refractivity contribution in [3.05, 3.63) is 52.1 Å². The van der Waals surface area contributed by atoms with E-state index in [0.29, 0.717) is 21.7 Å². The van der Waals surface area contributed by atoms with Crippen molar-refractivity contribution in [3.63, 3.8) is 0 Å². The van der Waals surface area contributed by atoms with Gasteiger partial charge in [0.05, 0.1) is 5.02 Å². The van der Waals surface area contributed by atoms with Gasteiger partial charge >= 0.3 is 0 Å². The van der Waals surface area contributed by atoms with E-state index in [1.807, 2.05) is 12.1 Å². The van der Waals surface area contributed by atoms with E-state index in [-0.39, 0.29) is 6.04 Å². The van der Waals surface area contributed by atoms with E-state index >= 15 is 0 Å². The van der Waals surface area contributed by atoms with Crippen molar-refractivity contribution in [1.29, 1.82) is 0 Å². The minimum Gasteiger partial charge on any atom is -0.437 e. The van der Waals surface area contributed by atoms with Crippen molar-refractivity contribution in [3.8, 4) is 11.6 Å². The second-order valence-corrected chi connectivity index (χ2v) is 5.15. The molecule has 20 heavy (non-hydrogen) atoms. The lowest BCUT2D eigenvalue weighted by atomic mass is 10.1. The van der Waals surface area contributed by atoms with Crippen molar-refractivity contribution in [2.45, 2.75) is 19.9 Å². The molecule has 0 aliphatic carbocycles. The van der Waals surface area contributed by atoms with E-state index in [0.717, 1.165) is 12.1 Å². The van der Waals surface area contributed by atoms with Crippen LogP contribution in [0.25, 0.3) is 0 Å². The van der Waals surface area contributed by atoms with Gasteiger partial charge in [-0.3, -0.25) is 0 Å². The molecule has 0 radical (unpaired) electrons. The zero-order chi connectivity index (χ0) is 14.5. The summed E-state index contributed by atoms with van der Waals surface area (Å²) in [4.78, 5) is 4.28. The highest BCUT2D eigenvalue weighted by Gasteiger charge is 2.08. The van der Waals surface area contributed by atoms with Crippen LogP contribution in [0.4, 0.5) is 0 Å². The van der Waals surface area contributed by atoms with Crippen LogP contribution in [0.2, 0.25) is 10.0 Å². The van der Waals surface area contributed by atoms with Crippen LogP contribution in [0.5, 0.6) is 11.6 Å². The SMILES string of the molecule is CCNC(C)c1ccc(Oc2cccc(Cl)c2Cl)nc1. The summed E-state index contributed by atoms with van der Waals surface area (Å²) in [5.41, 5.74) is 1.11. The fraction of sp³-hybridized carbons (Fsp3) is 0.267. The molecule has 1 atom stereocenters. The first-order valence-electron chi connectivity index (χ1n) is 6.43. The lowest BCUT2D eigenvalue weighted by Crippen LogP contribution is -2.17. The smallest absolute Gasteiger partial charge is 0.219 e. The minimum absolute atomic E-state index is 0.260. The summed E-state index contributed by atoms with van der Waals surface area (Å²) < 4.78 is 5.64. The highest BCUT2D eigenvalue weighted by Crippen LogP contribution is 2.34. The van der Waals surface area contributed by atoms with Crippen molar-refractivity contribution < 1.29 is 4.74 Å². The quantitative estimate of drug-likeness (QED) is 0.857. The van der Waals surface area contributed by atoms with E-state index in [1.54, 1.807) is 24.4 Å². The van der Waals surface area contributed by atoms with Crippen LogP contribution >= 0.6 is 23.2 Å². The summed E-state index contributed by atoms with van der Waals surface area (Å²) in [6.45, 7) is 5.08. The van der Waals surface area contributed by atoms with Gasteiger partial charge in [0.2, 0.25) is 5.88 Å². The average Bonchev–Trinajstić information content (AvgIpc) is 2.45. The number of ether oxygens (including phenoxy) is 1. The van der Waals surface area contributed by atoms with Crippen LogP contribution in [0.15, 0.2) is 36.5 Å². The second kappa shape index (κ2) is 6.93. The number of rotatable bonds is 5. The minimum atomic E-state index is 0.260. The Kier molecular flexibility index (Phi) is 5.24. The Hall–Kier alpha value is -1.29. The van der Waals surface area contributed by atoms with Crippen LogP contribution in [-0.4, -0.2) is 11.5 Å². The van der Waals surface area contributed by atoms with Gasteiger partial charge in [-0.25, -0.2) is 4.98 Å². The lowest BCUT2D eigenvalue weighted by Gasteiger charge is -2.13. The van der Waals surface area contributed by atoms with Gasteiger partial charge in [0.25, 0.3) is 0 Å². The number of pyridine rings is 1. The molecule has 1 N–H and O–H groups in total. The summed E-state index contributed by atoms with van der Waals surface area (Å²) in [6, 6.07) is 9.31. The molecule has 2 aromatic rings. The van der Waals surface area contributed by atoms with Crippen LogP contribution in [0, 0.1) is 0 Å². The predicted octanol–water partition coefficient (Wildman–Crippen LogP) is 4.85. The topological polar surface area (TPSA) is 34.1 Å². The van der Waals surface area contributed by atoms with Gasteiger partial charge in [-0.15, -0.1) is 0 Å². The number of halogens is 2. The van der Waals surface area contributed by atoms with E-state index in [4.69, 9.17) is 27.9 Å². The molecule has 5 heteroatoms. The number of nitrogens with zero attached hydrogens (tertiary/aromatic N) is 1. The van der Waals surface area contributed by atoms with E-state index in [9.17, 15) is 0 Å². The number of hydrogen-bond acceptors (Lipinski definition) is 3. The number of aromatic nitrogens is 1. The van der Waals surface area contributed by atoms with Crippen LogP contribution < -0.4 is 10.1 Å². The van der Waals surface area contributed by atoms with Crippen molar-refractivity contribution in [2.75, 3.05) is 6.54 Å². The highest BCUT2D eigenvalue weighted by atomic mass is 35.5. The molecule has 1 unspecified atom stereocenters. The number of nitrogens with one attached hydrogen (secondary N) is 1. The molecule has 1 aromatic carbocycles. The molecule has 0 aliphatic heterocycles. The van der Waals surface area contributed by atoms with Crippen LogP contribution in [0.3, 0.4) is 0 Å². The number of benzene rings is 1. The lowest BCUT2D eigenvalue weighted by molar-refractivity contribution is 0.462. The Bertz CT molecular complexity index is 573. The maximum atomic E-state index is 6.07. The first-order valence-corrected chi connectivity index (χ1v) is 7.18. The molecule has 0 aliphatic rings. The summed E-state index contributed by atoms with van der Waals surface area (Å²) in [5.74, 6) is 0.987. The van der Waals surface area contributed by atoms with E-state index < -0.39 is 0 Å². The molecule has 1 aromatic heterocycles. The third-order valence-corrected chi connectivity index (χ3v) is 3.70. The van der Waals surface area contributed by atoms with E-state index in [2.05, 4.69) is 24.1 Å². The molecule has 1 heterocycles. The predicted molar refractivity (Wildman–Crippen MR) is 82.9 cm³/mol. The monoisotopic (exact) mass is 310 g/mol. The molecule has 0 fully saturated rings. The summed E-state index contributed by atoms with van der Waals surface area (Å²) >= 11 is 12.0. The third-order valence-electron chi connectivity index (χ3n) is 2.90. The van der Waals surface area contributed by atoms with Gasteiger partial charge in [-0.1, -0.05) is 42.3 Å². The average molecular weight is 311 g/mol. The number of hydrogen-bond donors (Lipinski definition) is 1. The first kappa shape index (κ1) is 15.1. The molecule has 2 rings (SSSR count). The zero-order valence-electron chi connectivity index (χ0n) is 11.4. The summed E-state index contributed by atoms with van der Waals surface area (Å²) in [7, 11) is 0. The molecular formula is C15H16Cl2N2O. The molecule has 0 bridgehead atoms. The van der Waals surface area contributed by atoms with Gasteiger partial charge in [-0.2, -0.15) is 0 Å². The third kappa shape index (κ3) is 3.63. The Labute approximate surface area is 128 Å². The zero-order valence-corrected chi connectivity index (χ0v) is 12.9. The van der Waals surface area contributed by atoms with Gasteiger partial charge in [0.1, 0.15) is 10.8 Å². The highest BCUT2D eigenvalue weighted by molar-refractivity contribution is 6.42. The fourth-order valence-electron chi connectivity index (χ4n) is 1.81. The molecular weight excluding hydrogens is 295 g/mol. The van der Waals surface area contributed by atoms with Gasteiger partial charge in [0, 0.05) is 18.3 Å². The maximum absolute atomic E-state index is 6.07. The largest absolute Gasteiger partial charge is 0.437 e. The Morgan fingerprint density at radius 3 is 2.70 bits per heavy atom. The molecule has 106 valence electrons. The standard InChI is InChI=1S/C15H16Cl2N2O/c1-3-18-10(2)11-7-8-14(19-9-11)20-13-6-4-5-12(16)15(13)17/h4-10,18H,3H2,1-2H3. The Morgan fingerprint density at radius 1 is 1.25 bits per heavy atom. The summed E-state index contributed by atoms with van der Waals surface area (Å²) in [5, 5.41) is 4.18. The molecule has 0 amide bonds. The van der Waals surface area contributed by atoms with Gasteiger partial charge in [0.15, 0.2) is 0 Å². The maximum Gasteiger partial charge on any atom is 0.219 e. The molecule has 0 saturated carbocycles. The Balaban J connectivity index is 2.13. The van der Waals surface area contributed by atoms with Crippen LogP contribution in [0.1, 0.15) is 25.5 Å². The van der Waals surface area contributed by atoms with Crippen molar-refractivity contribution in [1.82, 2.24) is 10.3 Å². The first-order chi connectivity index (χ1) is 9.61. The van der Waals surface area contributed by atoms with E-state index in [1.165, 1.54) is 0 Å². The van der Waals surface area contributed by atoms with Crippen molar-refractivity contribution in [2.24, 2.45) is 0 Å². The van der Waals surface area contributed by atoms with Gasteiger partial charge < -0.3 is 10.1 Å². The second-order valence-electron chi connectivity index (χ2n) is 4.36.